The minimum atomic E-state index is -0.887. The van der Waals surface area contributed by atoms with Crippen molar-refractivity contribution in [2.45, 2.75) is 22.8 Å². The maximum atomic E-state index is 13.8. The minimum absolute atomic E-state index is 0.267. The molecule has 0 amide bonds. The first-order valence-electron chi connectivity index (χ1n) is 5.58. The van der Waals surface area contributed by atoms with Crippen LogP contribution >= 0.6 is 35.0 Å². The number of hydrogen-bond donors (Lipinski definition) is 1. The van der Waals surface area contributed by atoms with Crippen molar-refractivity contribution >= 4 is 35.0 Å². The minimum Gasteiger partial charge on any atom is -0.389 e. The number of rotatable bonds is 3. The molecule has 2 aromatic rings. The molecule has 100 valence electrons. The van der Waals surface area contributed by atoms with Crippen molar-refractivity contribution in [1.82, 2.24) is 0 Å². The van der Waals surface area contributed by atoms with E-state index in [0.29, 0.717) is 14.9 Å². The van der Waals surface area contributed by atoms with E-state index >= 15 is 0 Å². The first kappa shape index (κ1) is 14.7. The molecule has 19 heavy (non-hydrogen) atoms. The van der Waals surface area contributed by atoms with Gasteiger partial charge in [-0.25, -0.2) is 4.39 Å². The summed E-state index contributed by atoms with van der Waals surface area (Å²) in [5, 5.41) is 10.8. The summed E-state index contributed by atoms with van der Waals surface area (Å²) in [6.45, 7) is 1.53. The van der Waals surface area contributed by atoms with Gasteiger partial charge in [0, 0.05) is 20.4 Å². The normalized spacial score (nSPS) is 12.5. The van der Waals surface area contributed by atoms with Gasteiger partial charge in [-0.3, -0.25) is 0 Å². The molecule has 0 fully saturated rings. The fraction of sp³-hybridized carbons (Fsp3) is 0.143. The average Bonchev–Trinajstić information content (AvgIpc) is 2.33. The quantitative estimate of drug-likeness (QED) is 0.825. The van der Waals surface area contributed by atoms with Crippen molar-refractivity contribution in [3.05, 3.63) is 57.8 Å². The number of aliphatic hydroxyl groups is 1. The molecule has 0 aliphatic rings. The highest BCUT2D eigenvalue weighted by molar-refractivity contribution is 7.99. The van der Waals surface area contributed by atoms with Gasteiger partial charge in [-0.1, -0.05) is 41.0 Å². The van der Waals surface area contributed by atoms with E-state index < -0.39 is 11.9 Å². The van der Waals surface area contributed by atoms with Crippen LogP contribution < -0.4 is 0 Å². The topological polar surface area (TPSA) is 20.2 Å². The Labute approximate surface area is 125 Å². The molecule has 1 nitrogen and oxygen atoms in total. The van der Waals surface area contributed by atoms with E-state index in [1.165, 1.54) is 24.8 Å². The van der Waals surface area contributed by atoms with E-state index in [0.717, 1.165) is 4.90 Å². The Bertz CT molecular complexity index is 602. The fourth-order valence-corrected chi connectivity index (χ4v) is 3.27. The summed E-state index contributed by atoms with van der Waals surface area (Å²) in [6, 6.07) is 9.76. The molecule has 1 N–H and O–H groups in total. The highest BCUT2D eigenvalue weighted by atomic mass is 35.5. The summed E-state index contributed by atoms with van der Waals surface area (Å²) in [6.07, 6.45) is -0.887. The second-order valence-corrected chi connectivity index (χ2v) is 5.93. The maximum absolute atomic E-state index is 13.8. The molecule has 0 bridgehead atoms. The van der Waals surface area contributed by atoms with Gasteiger partial charge < -0.3 is 5.11 Å². The van der Waals surface area contributed by atoms with Crippen LogP contribution in [0.1, 0.15) is 18.6 Å². The molecular formula is C14H11Cl2FOS. The third kappa shape index (κ3) is 3.42. The van der Waals surface area contributed by atoms with Crippen molar-refractivity contribution in [2.24, 2.45) is 0 Å². The standard InChI is InChI=1S/C14H11Cl2FOS/c1-8(18)14-11(17)3-2-4-12(14)19-13-7-9(15)5-6-10(13)16/h2-8,18H,1H3. The van der Waals surface area contributed by atoms with Gasteiger partial charge in [0.25, 0.3) is 0 Å². The van der Waals surface area contributed by atoms with Gasteiger partial charge in [0.1, 0.15) is 5.82 Å². The van der Waals surface area contributed by atoms with Crippen LogP contribution in [-0.2, 0) is 0 Å². The lowest BCUT2D eigenvalue weighted by atomic mass is 10.1. The predicted octanol–water partition coefficient (Wildman–Crippen LogP) is 5.34. The summed E-state index contributed by atoms with van der Waals surface area (Å²) in [5.74, 6) is -0.432. The van der Waals surface area contributed by atoms with Crippen molar-refractivity contribution in [3.8, 4) is 0 Å². The number of halogens is 3. The summed E-state index contributed by atoms with van der Waals surface area (Å²) in [5.41, 5.74) is 0.267. The van der Waals surface area contributed by atoms with E-state index in [4.69, 9.17) is 23.2 Å². The molecule has 0 aliphatic heterocycles. The number of hydrogen-bond acceptors (Lipinski definition) is 2. The molecule has 5 heteroatoms. The van der Waals surface area contributed by atoms with Crippen LogP contribution in [0.4, 0.5) is 4.39 Å². The van der Waals surface area contributed by atoms with Crippen LogP contribution in [0.15, 0.2) is 46.2 Å². The van der Waals surface area contributed by atoms with Crippen LogP contribution in [0.2, 0.25) is 10.0 Å². The van der Waals surface area contributed by atoms with Crippen LogP contribution in [0.25, 0.3) is 0 Å². The second kappa shape index (κ2) is 6.14. The number of aliphatic hydroxyl groups excluding tert-OH is 1. The van der Waals surface area contributed by atoms with E-state index in [1.807, 2.05) is 0 Å². The van der Waals surface area contributed by atoms with Crippen molar-refractivity contribution in [1.29, 1.82) is 0 Å². The number of benzene rings is 2. The Kier molecular flexibility index (Phi) is 4.74. The van der Waals surface area contributed by atoms with E-state index in [1.54, 1.807) is 30.3 Å². The van der Waals surface area contributed by atoms with Gasteiger partial charge in [-0.15, -0.1) is 0 Å². The van der Waals surface area contributed by atoms with E-state index in [9.17, 15) is 9.50 Å². The molecule has 0 radical (unpaired) electrons. The van der Waals surface area contributed by atoms with Gasteiger partial charge >= 0.3 is 0 Å². The molecule has 1 atom stereocenters. The molecule has 0 aliphatic carbocycles. The van der Waals surface area contributed by atoms with Gasteiger partial charge in [0.05, 0.1) is 11.1 Å². The molecule has 1 unspecified atom stereocenters. The van der Waals surface area contributed by atoms with Crippen molar-refractivity contribution < 1.29 is 9.50 Å². The molecule has 0 saturated carbocycles. The van der Waals surface area contributed by atoms with Gasteiger partial charge in [-0.2, -0.15) is 0 Å². The lowest BCUT2D eigenvalue weighted by Crippen LogP contribution is -1.98. The smallest absolute Gasteiger partial charge is 0.130 e. The molecule has 0 spiro atoms. The van der Waals surface area contributed by atoms with E-state index in [2.05, 4.69) is 0 Å². The first-order valence-corrected chi connectivity index (χ1v) is 7.15. The Morgan fingerprint density at radius 3 is 2.58 bits per heavy atom. The lowest BCUT2D eigenvalue weighted by Gasteiger charge is -2.13. The van der Waals surface area contributed by atoms with Crippen LogP contribution in [-0.4, -0.2) is 5.11 Å². The van der Waals surface area contributed by atoms with E-state index in [-0.39, 0.29) is 5.56 Å². The molecular weight excluding hydrogens is 306 g/mol. The summed E-state index contributed by atoms with van der Waals surface area (Å²) in [4.78, 5) is 1.35. The predicted molar refractivity (Wildman–Crippen MR) is 77.6 cm³/mol. The van der Waals surface area contributed by atoms with Gasteiger partial charge in [0.2, 0.25) is 0 Å². The average molecular weight is 317 g/mol. The summed E-state index contributed by atoms with van der Waals surface area (Å²) >= 11 is 13.3. The van der Waals surface area contributed by atoms with Crippen LogP contribution in [0, 0.1) is 5.82 Å². The van der Waals surface area contributed by atoms with Crippen LogP contribution in [0.5, 0.6) is 0 Å². The molecule has 0 saturated heterocycles. The van der Waals surface area contributed by atoms with Crippen molar-refractivity contribution in [2.75, 3.05) is 0 Å². The fourth-order valence-electron chi connectivity index (χ4n) is 1.69. The third-order valence-corrected chi connectivity index (χ3v) is 4.35. The SMILES string of the molecule is CC(O)c1c(F)cccc1Sc1cc(Cl)ccc1Cl. The van der Waals surface area contributed by atoms with Gasteiger partial charge in [-0.05, 0) is 37.3 Å². The van der Waals surface area contributed by atoms with Gasteiger partial charge in [0.15, 0.2) is 0 Å². The maximum Gasteiger partial charge on any atom is 0.130 e. The zero-order valence-corrected chi connectivity index (χ0v) is 12.4. The summed E-state index contributed by atoms with van der Waals surface area (Å²) in [7, 11) is 0. The highest BCUT2D eigenvalue weighted by Crippen LogP contribution is 2.39. The van der Waals surface area contributed by atoms with Crippen molar-refractivity contribution in [3.63, 3.8) is 0 Å². The Morgan fingerprint density at radius 1 is 1.16 bits per heavy atom. The molecule has 2 aromatic carbocycles. The molecule has 0 aromatic heterocycles. The second-order valence-electron chi connectivity index (χ2n) is 4.00. The highest BCUT2D eigenvalue weighted by Gasteiger charge is 2.15. The zero-order valence-electron chi connectivity index (χ0n) is 10.0. The Morgan fingerprint density at radius 2 is 1.89 bits per heavy atom. The monoisotopic (exact) mass is 316 g/mol. The largest absolute Gasteiger partial charge is 0.389 e. The zero-order chi connectivity index (χ0) is 14.0. The van der Waals surface area contributed by atoms with Crippen LogP contribution in [0.3, 0.4) is 0 Å². The first-order chi connectivity index (χ1) is 8.99. The Hall–Kier alpha value is -0.740. The molecule has 0 heterocycles. The summed E-state index contributed by atoms with van der Waals surface area (Å²) < 4.78 is 13.8. The third-order valence-electron chi connectivity index (χ3n) is 2.54. The Balaban J connectivity index is 2.44. The molecule has 2 rings (SSSR count). The lowest BCUT2D eigenvalue weighted by molar-refractivity contribution is 0.191.